The summed E-state index contributed by atoms with van der Waals surface area (Å²) < 4.78 is 0. The number of aromatic nitrogens is 1. The summed E-state index contributed by atoms with van der Waals surface area (Å²) in [6.45, 7) is 14.4. The molecule has 0 aliphatic rings. The van der Waals surface area contributed by atoms with E-state index >= 15 is 0 Å². The standard InChI is InChI=1S/C16H31N3S/c1-6-9-17-10-15-11-18-16(20-15)19(12-13(4)5)14(7-2)8-3/h11,13-14,17H,6-10,12H2,1-5H3. The molecule has 0 aromatic carbocycles. The van der Waals surface area contributed by atoms with Gasteiger partial charge in [0.05, 0.1) is 0 Å². The lowest BCUT2D eigenvalue weighted by molar-refractivity contribution is 0.507. The van der Waals surface area contributed by atoms with Crippen LogP contribution in [-0.2, 0) is 6.54 Å². The maximum atomic E-state index is 4.67. The quantitative estimate of drug-likeness (QED) is 0.653. The number of rotatable bonds is 10. The van der Waals surface area contributed by atoms with Crippen LogP contribution < -0.4 is 10.2 Å². The summed E-state index contributed by atoms with van der Waals surface area (Å²) in [4.78, 5) is 8.52. The molecular weight excluding hydrogens is 266 g/mol. The van der Waals surface area contributed by atoms with Crippen molar-refractivity contribution >= 4 is 16.5 Å². The van der Waals surface area contributed by atoms with E-state index in [1.165, 1.54) is 29.3 Å². The molecule has 0 saturated heterocycles. The number of nitrogens with zero attached hydrogens (tertiary/aromatic N) is 2. The van der Waals surface area contributed by atoms with Crippen molar-refractivity contribution in [2.24, 2.45) is 5.92 Å². The van der Waals surface area contributed by atoms with E-state index in [0.29, 0.717) is 12.0 Å². The van der Waals surface area contributed by atoms with Crippen molar-refractivity contribution in [3.05, 3.63) is 11.1 Å². The van der Waals surface area contributed by atoms with Gasteiger partial charge in [0.25, 0.3) is 0 Å². The molecule has 3 nitrogen and oxygen atoms in total. The third kappa shape index (κ3) is 5.41. The van der Waals surface area contributed by atoms with Gasteiger partial charge in [0, 0.05) is 30.2 Å². The van der Waals surface area contributed by atoms with E-state index in [1.54, 1.807) is 0 Å². The van der Waals surface area contributed by atoms with Crippen LogP contribution in [0.5, 0.6) is 0 Å². The average molecular weight is 298 g/mol. The summed E-state index contributed by atoms with van der Waals surface area (Å²) in [5.74, 6) is 0.668. The SMILES string of the molecule is CCCNCc1cnc(N(CC(C)C)C(CC)CC)s1. The van der Waals surface area contributed by atoms with Crippen LogP contribution in [0, 0.1) is 5.92 Å². The summed E-state index contributed by atoms with van der Waals surface area (Å²) in [7, 11) is 0. The fourth-order valence-electron chi connectivity index (χ4n) is 2.41. The summed E-state index contributed by atoms with van der Waals surface area (Å²) in [6.07, 6.45) is 5.59. The Kier molecular flexibility index (Phi) is 8.15. The Morgan fingerprint density at radius 2 is 1.95 bits per heavy atom. The Labute approximate surface area is 128 Å². The molecule has 1 rings (SSSR count). The molecule has 0 amide bonds. The smallest absolute Gasteiger partial charge is 0.185 e. The van der Waals surface area contributed by atoms with Crippen LogP contribution >= 0.6 is 11.3 Å². The molecule has 1 aromatic heterocycles. The topological polar surface area (TPSA) is 28.2 Å². The predicted molar refractivity (Wildman–Crippen MR) is 90.7 cm³/mol. The van der Waals surface area contributed by atoms with Crippen molar-refractivity contribution in [2.45, 2.75) is 66.5 Å². The highest BCUT2D eigenvalue weighted by molar-refractivity contribution is 7.15. The van der Waals surface area contributed by atoms with Crippen LogP contribution in [0.25, 0.3) is 0 Å². The minimum absolute atomic E-state index is 0.611. The third-order valence-corrected chi connectivity index (χ3v) is 4.49. The second-order valence-electron chi connectivity index (χ2n) is 5.80. The molecule has 0 fully saturated rings. The number of hydrogen-bond acceptors (Lipinski definition) is 4. The minimum Gasteiger partial charge on any atom is -0.345 e. The van der Waals surface area contributed by atoms with Crippen molar-refractivity contribution in [1.82, 2.24) is 10.3 Å². The van der Waals surface area contributed by atoms with E-state index in [9.17, 15) is 0 Å². The Morgan fingerprint density at radius 1 is 1.25 bits per heavy atom. The number of anilines is 1. The molecule has 0 aliphatic heterocycles. The second-order valence-corrected chi connectivity index (χ2v) is 6.90. The molecule has 0 bridgehead atoms. The van der Waals surface area contributed by atoms with Gasteiger partial charge in [0.1, 0.15) is 0 Å². The van der Waals surface area contributed by atoms with E-state index in [1.807, 2.05) is 17.5 Å². The molecule has 0 radical (unpaired) electrons. The van der Waals surface area contributed by atoms with Gasteiger partial charge in [-0.3, -0.25) is 0 Å². The highest BCUT2D eigenvalue weighted by atomic mass is 32.1. The molecule has 0 atom stereocenters. The zero-order valence-corrected chi connectivity index (χ0v) is 14.6. The average Bonchev–Trinajstić information content (AvgIpc) is 2.87. The first-order chi connectivity index (χ1) is 9.62. The van der Waals surface area contributed by atoms with Crippen LogP contribution in [-0.4, -0.2) is 24.1 Å². The fraction of sp³-hybridized carbons (Fsp3) is 0.812. The van der Waals surface area contributed by atoms with Gasteiger partial charge in [-0.15, -0.1) is 11.3 Å². The molecule has 4 heteroatoms. The Balaban J connectivity index is 2.74. The van der Waals surface area contributed by atoms with Crippen molar-refractivity contribution < 1.29 is 0 Å². The fourth-order valence-corrected chi connectivity index (χ4v) is 3.37. The van der Waals surface area contributed by atoms with E-state index in [-0.39, 0.29) is 0 Å². The molecule has 0 spiro atoms. The van der Waals surface area contributed by atoms with Crippen molar-refractivity contribution in [3.8, 4) is 0 Å². The molecule has 0 saturated carbocycles. The molecule has 1 heterocycles. The molecule has 1 N–H and O–H groups in total. The van der Waals surface area contributed by atoms with Crippen molar-refractivity contribution in [3.63, 3.8) is 0 Å². The maximum Gasteiger partial charge on any atom is 0.185 e. The normalized spacial score (nSPS) is 11.6. The first kappa shape index (κ1) is 17.4. The van der Waals surface area contributed by atoms with Gasteiger partial charge in [0.15, 0.2) is 5.13 Å². The summed E-state index contributed by atoms with van der Waals surface area (Å²) >= 11 is 1.84. The Bertz CT molecular complexity index is 358. The second kappa shape index (κ2) is 9.35. The highest BCUT2D eigenvalue weighted by Gasteiger charge is 2.19. The van der Waals surface area contributed by atoms with Gasteiger partial charge in [-0.2, -0.15) is 0 Å². The number of nitrogens with one attached hydrogen (secondary N) is 1. The van der Waals surface area contributed by atoms with E-state index in [0.717, 1.165) is 19.6 Å². The van der Waals surface area contributed by atoms with Gasteiger partial charge in [-0.25, -0.2) is 4.98 Å². The van der Waals surface area contributed by atoms with Crippen LogP contribution in [0.15, 0.2) is 6.20 Å². The maximum absolute atomic E-state index is 4.67. The largest absolute Gasteiger partial charge is 0.345 e. The predicted octanol–water partition coefficient (Wildman–Crippen LogP) is 4.29. The first-order valence-corrected chi connectivity index (χ1v) is 8.85. The van der Waals surface area contributed by atoms with Gasteiger partial charge in [-0.05, 0) is 31.7 Å². The van der Waals surface area contributed by atoms with E-state index < -0.39 is 0 Å². The summed E-state index contributed by atoms with van der Waals surface area (Å²) in [5.41, 5.74) is 0. The van der Waals surface area contributed by atoms with Gasteiger partial charge >= 0.3 is 0 Å². The minimum atomic E-state index is 0.611. The summed E-state index contributed by atoms with van der Waals surface area (Å²) in [5, 5.41) is 4.65. The zero-order valence-electron chi connectivity index (χ0n) is 13.8. The zero-order chi connectivity index (χ0) is 15.0. The molecule has 0 unspecified atom stereocenters. The molecule has 116 valence electrons. The third-order valence-electron chi connectivity index (χ3n) is 3.46. The lowest BCUT2D eigenvalue weighted by atomic mass is 10.1. The summed E-state index contributed by atoms with van der Waals surface area (Å²) in [6, 6.07) is 0.611. The van der Waals surface area contributed by atoms with Crippen LogP contribution in [0.1, 0.15) is 58.8 Å². The van der Waals surface area contributed by atoms with Crippen molar-refractivity contribution in [1.29, 1.82) is 0 Å². The van der Waals surface area contributed by atoms with E-state index in [4.69, 9.17) is 0 Å². The molecule has 1 aromatic rings. The highest BCUT2D eigenvalue weighted by Crippen LogP contribution is 2.27. The van der Waals surface area contributed by atoms with Gasteiger partial charge in [0.2, 0.25) is 0 Å². The number of hydrogen-bond donors (Lipinski definition) is 1. The Hall–Kier alpha value is -0.610. The van der Waals surface area contributed by atoms with E-state index in [2.05, 4.69) is 49.8 Å². The lowest BCUT2D eigenvalue weighted by Gasteiger charge is -2.31. The first-order valence-electron chi connectivity index (χ1n) is 8.04. The number of thiazole rings is 1. The van der Waals surface area contributed by atoms with Gasteiger partial charge < -0.3 is 10.2 Å². The van der Waals surface area contributed by atoms with Gasteiger partial charge in [-0.1, -0.05) is 34.6 Å². The monoisotopic (exact) mass is 297 g/mol. The molecule has 20 heavy (non-hydrogen) atoms. The molecule has 0 aliphatic carbocycles. The van der Waals surface area contributed by atoms with Crippen LogP contribution in [0.3, 0.4) is 0 Å². The van der Waals surface area contributed by atoms with Crippen molar-refractivity contribution in [2.75, 3.05) is 18.0 Å². The van der Waals surface area contributed by atoms with Crippen LogP contribution in [0.4, 0.5) is 5.13 Å². The Morgan fingerprint density at radius 3 is 2.50 bits per heavy atom. The van der Waals surface area contributed by atoms with Crippen LogP contribution in [0.2, 0.25) is 0 Å². The lowest BCUT2D eigenvalue weighted by Crippen LogP contribution is -2.37. The molecular formula is C16H31N3S.